The van der Waals surface area contributed by atoms with Gasteiger partial charge in [0.15, 0.2) is 0 Å². The Morgan fingerprint density at radius 1 is 0.703 bits per heavy atom. The molecule has 7 nitrogen and oxygen atoms in total. The number of hydrogen-bond acceptors (Lipinski definition) is 5. The van der Waals surface area contributed by atoms with Crippen molar-refractivity contribution in [2.24, 2.45) is 0 Å². The minimum absolute atomic E-state index is 0.0914. The number of nitrogens with zero attached hydrogens (tertiary/aromatic N) is 1. The average Bonchev–Trinajstić information content (AvgIpc) is 2.83. The number of quaternary nitrogens is 1. The number of amides is 1. The minimum Gasteiger partial charge on any atom is -0.726 e. The normalized spacial score (nSPS) is 11.7. The highest BCUT2D eigenvalue weighted by atomic mass is 32.3. The van der Waals surface area contributed by atoms with Crippen molar-refractivity contribution in [3.05, 3.63) is 0 Å². The van der Waals surface area contributed by atoms with E-state index in [1.165, 1.54) is 110 Å². The van der Waals surface area contributed by atoms with Gasteiger partial charge in [-0.1, -0.05) is 110 Å². The van der Waals surface area contributed by atoms with Gasteiger partial charge in [-0.25, -0.2) is 8.42 Å². The maximum absolute atomic E-state index is 11.9. The van der Waals surface area contributed by atoms with Crippen molar-refractivity contribution in [1.29, 1.82) is 0 Å². The Hall–Kier alpha value is -0.700. The molecule has 0 radical (unpaired) electrons. The molecule has 1 amide bonds. The van der Waals surface area contributed by atoms with E-state index in [0.29, 0.717) is 6.42 Å². The number of carbonyl (C=O) groups excluding carboxylic acids is 1. The van der Waals surface area contributed by atoms with E-state index in [1.54, 1.807) is 0 Å². The maximum atomic E-state index is 11.9. The van der Waals surface area contributed by atoms with Crippen molar-refractivity contribution in [3.63, 3.8) is 0 Å². The first kappa shape index (κ1) is 38.4. The summed E-state index contributed by atoms with van der Waals surface area (Å²) in [5.41, 5.74) is 0. The zero-order valence-corrected chi connectivity index (χ0v) is 26.0. The second-order valence-electron chi connectivity index (χ2n) is 10.9. The molecule has 0 aromatic heterocycles. The van der Waals surface area contributed by atoms with Crippen LogP contribution in [0.25, 0.3) is 0 Å². The third-order valence-electron chi connectivity index (χ3n) is 6.89. The van der Waals surface area contributed by atoms with Gasteiger partial charge in [0.05, 0.1) is 33.8 Å². The summed E-state index contributed by atoms with van der Waals surface area (Å²) < 4.78 is 33.0. The highest BCUT2D eigenvalue weighted by Crippen LogP contribution is 2.14. The summed E-state index contributed by atoms with van der Waals surface area (Å²) in [6, 6.07) is 0. The predicted octanol–water partition coefficient (Wildman–Crippen LogP) is 7.11. The second kappa shape index (κ2) is 26.9. The lowest BCUT2D eigenvalue weighted by molar-refractivity contribution is -0.888. The first-order valence-corrected chi connectivity index (χ1v) is 16.6. The fourth-order valence-electron chi connectivity index (χ4n) is 4.14. The fraction of sp³-hybridized carbons (Fsp3) is 0.966. The number of nitrogens with one attached hydrogen (secondary N) is 1. The van der Waals surface area contributed by atoms with Crippen molar-refractivity contribution in [2.45, 2.75) is 143 Å². The molecule has 0 aromatic rings. The fourth-order valence-corrected chi connectivity index (χ4v) is 4.42. The Kier molecular flexibility index (Phi) is 27.9. The quantitative estimate of drug-likeness (QED) is 0.0565. The third-order valence-corrected chi connectivity index (χ3v) is 7.41. The second-order valence-corrected chi connectivity index (χ2v) is 12.0. The van der Waals surface area contributed by atoms with Gasteiger partial charge in [-0.15, -0.1) is 0 Å². The summed E-state index contributed by atoms with van der Waals surface area (Å²) in [4.78, 5) is 11.9. The summed E-state index contributed by atoms with van der Waals surface area (Å²) >= 11 is 0. The van der Waals surface area contributed by atoms with Gasteiger partial charge in [0.1, 0.15) is 0 Å². The van der Waals surface area contributed by atoms with Crippen LogP contribution in [0.1, 0.15) is 143 Å². The smallest absolute Gasteiger partial charge is 0.219 e. The van der Waals surface area contributed by atoms with Gasteiger partial charge in [-0.2, -0.15) is 0 Å². The van der Waals surface area contributed by atoms with Crippen LogP contribution in [0, 0.1) is 0 Å². The maximum Gasteiger partial charge on any atom is 0.219 e. The highest BCUT2D eigenvalue weighted by Gasteiger charge is 2.10. The first-order valence-electron chi connectivity index (χ1n) is 15.3. The Morgan fingerprint density at radius 3 is 1.43 bits per heavy atom. The molecule has 0 rings (SSSR count). The molecule has 0 atom stereocenters. The molecule has 0 aliphatic heterocycles. The number of carbonyl (C=O) groups is 1. The molecule has 1 N–H and O–H groups in total. The molecule has 0 bridgehead atoms. The standard InChI is InChI=1S/C27H56N2O.C2H6O4S/c1-5-7-8-9-10-11-12-13-14-15-16-17-18-19-20-21-22-24-27(30)28-25-23-26-29(3,4)6-2;1-2-6-7(3,4)5/h5-26H2,1-4H3;2H2,1H3,(H,3,4,5). The van der Waals surface area contributed by atoms with E-state index >= 15 is 0 Å². The molecule has 0 saturated heterocycles. The van der Waals surface area contributed by atoms with Gasteiger partial charge >= 0.3 is 0 Å². The highest BCUT2D eigenvalue weighted by molar-refractivity contribution is 7.80. The zero-order chi connectivity index (χ0) is 28.3. The molecule has 37 heavy (non-hydrogen) atoms. The van der Waals surface area contributed by atoms with E-state index in [2.05, 4.69) is 37.4 Å². The number of unbranched alkanes of at least 4 members (excludes halogenated alkanes) is 16. The van der Waals surface area contributed by atoms with Crippen LogP contribution in [0.3, 0.4) is 0 Å². The van der Waals surface area contributed by atoms with Crippen molar-refractivity contribution in [2.75, 3.05) is 40.3 Å². The molecular formula is C29H62N2O5S. The van der Waals surface area contributed by atoms with E-state index in [1.807, 2.05) is 0 Å². The molecule has 0 spiro atoms. The topological polar surface area (TPSA) is 95.5 Å². The lowest BCUT2D eigenvalue weighted by atomic mass is 10.0. The van der Waals surface area contributed by atoms with Gasteiger partial charge in [0.25, 0.3) is 0 Å². The van der Waals surface area contributed by atoms with Gasteiger partial charge in [0.2, 0.25) is 16.3 Å². The molecule has 0 unspecified atom stereocenters. The van der Waals surface area contributed by atoms with Crippen LogP contribution in [-0.2, 0) is 19.4 Å². The van der Waals surface area contributed by atoms with Crippen molar-refractivity contribution in [1.82, 2.24) is 5.32 Å². The number of hydrogen-bond donors (Lipinski definition) is 1. The summed E-state index contributed by atoms with van der Waals surface area (Å²) in [5.74, 6) is 0.248. The molecule has 224 valence electrons. The molecule has 8 heteroatoms. The minimum atomic E-state index is -4.42. The summed E-state index contributed by atoms with van der Waals surface area (Å²) in [6.07, 6.45) is 25.3. The van der Waals surface area contributed by atoms with Crippen LogP contribution in [0.5, 0.6) is 0 Å². The summed E-state index contributed by atoms with van der Waals surface area (Å²) in [7, 11) is 0.0740. The van der Waals surface area contributed by atoms with Crippen LogP contribution in [0.4, 0.5) is 0 Å². The Morgan fingerprint density at radius 2 is 1.11 bits per heavy atom. The Balaban J connectivity index is 0. The molecule has 0 heterocycles. The van der Waals surface area contributed by atoms with Crippen LogP contribution in [-0.4, -0.2) is 63.7 Å². The van der Waals surface area contributed by atoms with E-state index in [0.717, 1.165) is 37.0 Å². The number of rotatable bonds is 25. The lowest BCUT2D eigenvalue weighted by Gasteiger charge is -2.28. The third kappa shape index (κ3) is 35.3. The molecule has 0 fully saturated rings. The molecule has 0 saturated carbocycles. The van der Waals surface area contributed by atoms with E-state index in [9.17, 15) is 17.8 Å². The monoisotopic (exact) mass is 550 g/mol. The van der Waals surface area contributed by atoms with Crippen LogP contribution in [0.2, 0.25) is 0 Å². The van der Waals surface area contributed by atoms with Crippen molar-refractivity contribution in [3.8, 4) is 0 Å². The Bertz CT molecular complexity index is 597. The van der Waals surface area contributed by atoms with E-state index < -0.39 is 10.4 Å². The molecule has 0 aromatic carbocycles. The van der Waals surface area contributed by atoms with Crippen molar-refractivity contribution >= 4 is 16.3 Å². The van der Waals surface area contributed by atoms with Gasteiger partial charge < -0.3 is 14.4 Å². The summed E-state index contributed by atoms with van der Waals surface area (Å²) in [6.45, 7) is 8.96. The van der Waals surface area contributed by atoms with Crippen LogP contribution >= 0.6 is 0 Å². The summed E-state index contributed by atoms with van der Waals surface area (Å²) in [5, 5.41) is 3.09. The van der Waals surface area contributed by atoms with Crippen LogP contribution < -0.4 is 5.32 Å². The van der Waals surface area contributed by atoms with Gasteiger partial charge in [-0.3, -0.25) is 8.98 Å². The SMILES string of the molecule is CCCCCCCCCCCCCCCCCCCC(=O)NCCC[N+](C)(C)CC.CCOS(=O)(=O)[O-]. The first-order chi connectivity index (χ1) is 17.6. The van der Waals surface area contributed by atoms with Gasteiger partial charge in [-0.05, 0) is 20.3 Å². The lowest BCUT2D eigenvalue weighted by Crippen LogP contribution is -2.41. The molecular weight excluding hydrogens is 488 g/mol. The Labute approximate surface area is 231 Å². The van der Waals surface area contributed by atoms with E-state index in [4.69, 9.17) is 0 Å². The molecule has 0 aliphatic carbocycles. The average molecular weight is 551 g/mol. The molecule has 0 aliphatic rings. The van der Waals surface area contributed by atoms with E-state index in [-0.39, 0.29) is 12.5 Å². The van der Waals surface area contributed by atoms with Gasteiger partial charge in [0, 0.05) is 19.4 Å². The predicted molar refractivity (Wildman–Crippen MR) is 155 cm³/mol. The van der Waals surface area contributed by atoms with Crippen LogP contribution in [0.15, 0.2) is 0 Å². The largest absolute Gasteiger partial charge is 0.726 e. The van der Waals surface area contributed by atoms with Crippen molar-refractivity contribution < 1.29 is 26.4 Å². The zero-order valence-electron chi connectivity index (χ0n) is 25.2.